The van der Waals surface area contributed by atoms with Crippen molar-refractivity contribution in [2.75, 3.05) is 20.1 Å². The van der Waals surface area contributed by atoms with E-state index in [-0.39, 0.29) is 11.5 Å². The summed E-state index contributed by atoms with van der Waals surface area (Å²) in [4.78, 5) is 14.4. The topological polar surface area (TPSA) is 110 Å². The molecule has 8 heteroatoms. The number of aliphatic hydroxyl groups is 1. The second kappa shape index (κ2) is 8.90. The predicted octanol–water partition coefficient (Wildman–Crippen LogP) is 3.78. The van der Waals surface area contributed by atoms with E-state index in [9.17, 15) is 14.3 Å². The first-order chi connectivity index (χ1) is 15.9. The zero-order chi connectivity index (χ0) is 23.6. The summed E-state index contributed by atoms with van der Waals surface area (Å²) in [5, 5.41) is 29.6. The van der Waals surface area contributed by atoms with Crippen LogP contribution in [0.1, 0.15) is 24.0 Å². The van der Waals surface area contributed by atoms with E-state index in [1.165, 1.54) is 30.5 Å². The lowest BCUT2D eigenvalue weighted by molar-refractivity contribution is -0.126. The number of hydrogen-bond acceptors (Lipinski definition) is 6. The number of nitrogens with one attached hydrogen (secondary N) is 3. The Morgan fingerprint density at radius 2 is 1.85 bits per heavy atom. The zero-order valence-electron chi connectivity index (χ0n) is 18.2. The summed E-state index contributed by atoms with van der Waals surface area (Å²) in [5.74, 6) is -0.495. The third kappa shape index (κ3) is 4.11. The average molecular weight is 448 g/mol. The molecule has 0 unspecified atom stereocenters. The van der Waals surface area contributed by atoms with Crippen molar-refractivity contribution >= 4 is 29.3 Å². The highest BCUT2D eigenvalue weighted by molar-refractivity contribution is 6.42. The molecular weight excluding hydrogens is 423 g/mol. The minimum Gasteiger partial charge on any atom is -0.507 e. The predicted molar refractivity (Wildman–Crippen MR) is 125 cm³/mol. The first-order valence-electron chi connectivity index (χ1n) is 10.6. The molecule has 0 saturated carbocycles. The highest BCUT2D eigenvalue weighted by Crippen LogP contribution is 2.43. The number of amides is 1. The molecule has 2 aromatic rings. The summed E-state index contributed by atoms with van der Waals surface area (Å²) in [6, 6.07) is 12.8. The molecule has 170 valence electrons. The number of rotatable bonds is 5. The van der Waals surface area contributed by atoms with Gasteiger partial charge in [-0.25, -0.2) is 4.39 Å². The van der Waals surface area contributed by atoms with Crippen LogP contribution in [0.5, 0.6) is 5.75 Å². The van der Waals surface area contributed by atoms with Crippen molar-refractivity contribution in [3.05, 3.63) is 77.1 Å². The van der Waals surface area contributed by atoms with Crippen molar-refractivity contribution < 1.29 is 19.0 Å². The van der Waals surface area contributed by atoms with Gasteiger partial charge in [0.2, 0.25) is 0 Å². The Labute approximate surface area is 191 Å². The van der Waals surface area contributed by atoms with Crippen LogP contribution in [0.3, 0.4) is 0 Å². The summed E-state index contributed by atoms with van der Waals surface area (Å²) in [5.41, 5.74) is 1.69. The molecule has 2 aromatic carbocycles. The highest BCUT2D eigenvalue weighted by Gasteiger charge is 2.45. The Bertz CT molecular complexity index is 1160. The van der Waals surface area contributed by atoms with Gasteiger partial charge in [0, 0.05) is 62.0 Å². The minimum atomic E-state index is -0.737. The van der Waals surface area contributed by atoms with Gasteiger partial charge >= 0.3 is 0 Å². The van der Waals surface area contributed by atoms with Crippen LogP contribution < -0.4 is 10.1 Å². The van der Waals surface area contributed by atoms with Crippen LogP contribution in [0.15, 0.2) is 60.2 Å². The second-order valence-electron chi connectivity index (χ2n) is 8.02. The van der Waals surface area contributed by atoms with E-state index in [0.29, 0.717) is 31.5 Å². The van der Waals surface area contributed by atoms with Gasteiger partial charge in [-0.3, -0.25) is 10.2 Å². The monoisotopic (exact) mass is 448 g/mol. The Balaban J connectivity index is 1.51. The number of carbonyl (C=O) groups is 1. The molecule has 0 atom stereocenters. The normalized spacial score (nSPS) is 17.3. The smallest absolute Gasteiger partial charge is 0.271 e. The van der Waals surface area contributed by atoms with E-state index in [1.54, 1.807) is 4.90 Å². The Morgan fingerprint density at radius 1 is 1.18 bits per heavy atom. The number of ether oxygens (including phenoxy) is 1. The van der Waals surface area contributed by atoms with Crippen molar-refractivity contribution in [2.45, 2.75) is 18.4 Å². The van der Waals surface area contributed by atoms with Gasteiger partial charge in [-0.05, 0) is 36.4 Å². The number of aliphatic hydroxyl groups excluding tert-OH is 1. The molecule has 1 amide bonds. The molecule has 0 aliphatic carbocycles. The van der Waals surface area contributed by atoms with Gasteiger partial charge in [-0.2, -0.15) is 0 Å². The summed E-state index contributed by atoms with van der Waals surface area (Å²) in [7, 11) is 1.81. The van der Waals surface area contributed by atoms with Gasteiger partial charge in [0.25, 0.3) is 5.91 Å². The fourth-order valence-electron chi connectivity index (χ4n) is 4.39. The van der Waals surface area contributed by atoms with Gasteiger partial charge in [-0.15, -0.1) is 0 Å². The number of hydrogen-bond donors (Lipinski definition) is 4. The van der Waals surface area contributed by atoms with Gasteiger partial charge in [0.1, 0.15) is 28.6 Å². The maximum absolute atomic E-state index is 13.1. The Kier molecular flexibility index (Phi) is 6.00. The van der Waals surface area contributed by atoms with Crippen LogP contribution in [0.4, 0.5) is 4.39 Å². The zero-order valence-corrected chi connectivity index (χ0v) is 18.2. The van der Waals surface area contributed by atoms with Crippen molar-refractivity contribution in [3.63, 3.8) is 0 Å². The number of halogens is 1. The lowest BCUT2D eigenvalue weighted by Gasteiger charge is -2.45. The third-order valence-corrected chi connectivity index (χ3v) is 6.13. The van der Waals surface area contributed by atoms with Crippen molar-refractivity contribution in [3.8, 4) is 5.75 Å². The number of fused-ring (bicyclic) bond motifs is 1. The van der Waals surface area contributed by atoms with Crippen LogP contribution in [-0.4, -0.2) is 53.6 Å². The van der Waals surface area contributed by atoms with Crippen LogP contribution in [0.25, 0.3) is 11.5 Å². The highest BCUT2D eigenvalue weighted by atomic mass is 19.1. The maximum atomic E-state index is 13.1. The molecule has 0 bridgehead atoms. The van der Waals surface area contributed by atoms with Crippen molar-refractivity contribution in [1.29, 1.82) is 10.8 Å². The van der Waals surface area contributed by atoms with E-state index in [4.69, 9.17) is 15.6 Å². The summed E-state index contributed by atoms with van der Waals surface area (Å²) < 4.78 is 19.5. The minimum absolute atomic E-state index is 0.276. The second-order valence-corrected chi connectivity index (χ2v) is 8.02. The summed E-state index contributed by atoms with van der Waals surface area (Å²) in [6.45, 7) is 0.672. The Hall–Kier alpha value is -3.94. The number of carbonyl (C=O) groups excluding carboxylic acids is 1. The molecule has 1 fully saturated rings. The van der Waals surface area contributed by atoms with Gasteiger partial charge in [0.15, 0.2) is 0 Å². The fourth-order valence-corrected chi connectivity index (χ4v) is 4.39. The van der Waals surface area contributed by atoms with Gasteiger partial charge < -0.3 is 25.5 Å². The molecule has 7 nitrogen and oxygen atoms in total. The van der Waals surface area contributed by atoms with Crippen molar-refractivity contribution in [2.24, 2.45) is 0 Å². The number of nitrogens with zero attached hydrogens (tertiary/aromatic N) is 1. The quantitative estimate of drug-likeness (QED) is 0.412. The fraction of sp³-hybridized carbons (Fsp3) is 0.240. The molecule has 1 saturated heterocycles. The molecule has 2 aliphatic rings. The molecule has 0 radical (unpaired) electrons. The summed E-state index contributed by atoms with van der Waals surface area (Å²) >= 11 is 0. The maximum Gasteiger partial charge on any atom is 0.271 e. The largest absolute Gasteiger partial charge is 0.507 e. The van der Waals surface area contributed by atoms with Crippen LogP contribution >= 0.6 is 0 Å². The number of para-hydroxylation sites is 1. The Morgan fingerprint density at radius 3 is 2.48 bits per heavy atom. The van der Waals surface area contributed by atoms with Gasteiger partial charge in [0.05, 0.1) is 5.70 Å². The number of likely N-dealkylation sites (tertiary alicyclic amines) is 1. The number of benzene rings is 2. The van der Waals surface area contributed by atoms with Crippen molar-refractivity contribution in [1.82, 2.24) is 10.2 Å². The standard InChI is InChI=1S/C25H25FN4O3/c1-29-23-18-4-2-3-5-22(18)33-25(19(23)15-27)10-12-30(13-11-25)24(32)20(28)14-21(31)16-6-8-17(26)9-7-16/h2-9,14-15,27-29,31H,10-13H2,1H3/b21-14-,27-15?,28-20?. The van der Waals surface area contributed by atoms with Crippen LogP contribution in [-0.2, 0) is 4.79 Å². The first kappa shape index (κ1) is 22.3. The molecule has 1 spiro atoms. The molecule has 2 aliphatic heterocycles. The molecular formula is C25H25FN4O3. The lowest BCUT2D eigenvalue weighted by Crippen LogP contribution is -2.53. The molecule has 2 heterocycles. The molecule has 33 heavy (non-hydrogen) atoms. The molecule has 4 rings (SSSR count). The molecule has 0 aromatic heterocycles. The summed E-state index contributed by atoms with van der Waals surface area (Å²) in [6.07, 6.45) is 3.31. The van der Waals surface area contributed by atoms with Crippen LogP contribution in [0.2, 0.25) is 0 Å². The number of piperidine rings is 1. The SMILES string of the molecule is CNC1=C(C=N)C2(CCN(C(=O)C(=N)/C=C(\O)c3ccc(F)cc3)CC2)Oc2ccccc21. The third-order valence-electron chi connectivity index (χ3n) is 6.13. The van der Waals surface area contributed by atoms with E-state index >= 15 is 0 Å². The van der Waals surface area contributed by atoms with E-state index < -0.39 is 17.3 Å². The molecule has 4 N–H and O–H groups in total. The van der Waals surface area contributed by atoms with Crippen LogP contribution in [0, 0.1) is 16.6 Å². The lowest BCUT2D eigenvalue weighted by atomic mass is 9.80. The van der Waals surface area contributed by atoms with E-state index in [1.807, 2.05) is 31.3 Å². The first-order valence-corrected chi connectivity index (χ1v) is 10.6. The average Bonchev–Trinajstić information content (AvgIpc) is 2.83. The van der Waals surface area contributed by atoms with E-state index in [2.05, 4.69) is 5.32 Å². The van der Waals surface area contributed by atoms with Gasteiger partial charge in [-0.1, -0.05) is 12.1 Å². The van der Waals surface area contributed by atoms with E-state index in [0.717, 1.165) is 28.7 Å².